The minimum Gasteiger partial charge on any atom is -0.373 e. The third kappa shape index (κ3) is 3.71. The van der Waals surface area contributed by atoms with E-state index in [1.807, 2.05) is 0 Å². The molecule has 1 atom stereocenters. The van der Waals surface area contributed by atoms with Crippen molar-refractivity contribution in [1.29, 1.82) is 0 Å². The van der Waals surface area contributed by atoms with Crippen LogP contribution in [-0.2, 0) is 0 Å². The van der Waals surface area contributed by atoms with Crippen LogP contribution in [0.3, 0.4) is 0 Å². The van der Waals surface area contributed by atoms with Gasteiger partial charge in [-0.1, -0.05) is 26.2 Å². The Morgan fingerprint density at radius 2 is 2.15 bits per heavy atom. The maximum atomic E-state index is 12.4. The molecule has 2 N–H and O–H groups in total. The van der Waals surface area contributed by atoms with Crippen LogP contribution in [0.2, 0.25) is 0 Å². The largest absolute Gasteiger partial charge is 0.373 e. The van der Waals surface area contributed by atoms with Crippen LogP contribution in [0.1, 0.15) is 55.8 Å². The number of carbonyl (C=O) groups excluding carboxylic acids is 1. The first-order chi connectivity index (χ1) is 9.74. The first kappa shape index (κ1) is 14.8. The standard InChI is InChI=1S/C16H25N3O/c1-3-14(12-7-5-4-6-8-12)19-16(20)13-9-10-18-15(11-13)17-2/h9-12,14H,3-8H2,1-2H3,(H,17,18)(H,19,20). The molecule has 1 aliphatic rings. The SMILES string of the molecule is CCC(NC(=O)c1ccnc(NC)c1)C1CCCCC1. The summed E-state index contributed by atoms with van der Waals surface area (Å²) in [6.45, 7) is 2.16. The molecule has 0 saturated heterocycles. The summed E-state index contributed by atoms with van der Waals surface area (Å²) in [5.74, 6) is 1.38. The molecule has 1 amide bonds. The molecular weight excluding hydrogens is 250 g/mol. The zero-order chi connectivity index (χ0) is 14.4. The first-order valence-corrected chi connectivity index (χ1v) is 7.69. The fourth-order valence-electron chi connectivity index (χ4n) is 3.05. The van der Waals surface area contributed by atoms with E-state index in [0.717, 1.165) is 12.2 Å². The van der Waals surface area contributed by atoms with Crippen molar-refractivity contribution >= 4 is 11.7 Å². The van der Waals surface area contributed by atoms with Crippen LogP contribution in [0, 0.1) is 5.92 Å². The molecule has 4 nitrogen and oxygen atoms in total. The van der Waals surface area contributed by atoms with Gasteiger partial charge in [-0.3, -0.25) is 4.79 Å². The molecule has 1 aliphatic carbocycles. The third-order valence-corrected chi connectivity index (χ3v) is 4.25. The Morgan fingerprint density at radius 1 is 1.40 bits per heavy atom. The molecule has 2 rings (SSSR count). The number of hydrogen-bond donors (Lipinski definition) is 2. The average molecular weight is 275 g/mol. The van der Waals surface area contributed by atoms with E-state index in [1.54, 1.807) is 25.4 Å². The highest BCUT2D eigenvalue weighted by Gasteiger charge is 2.24. The van der Waals surface area contributed by atoms with E-state index in [1.165, 1.54) is 32.1 Å². The normalized spacial score (nSPS) is 17.5. The summed E-state index contributed by atoms with van der Waals surface area (Å²) < 4.78 is 0. The van der Waals surface area contributed by atoms with E-state index in [9.17, 15) is 4.79 Å². The van der Waals surface area contributed by atoms with Crippen LogP contribution in [0.5, 0.6) is 0 Å². The number of pyridine rings is 1. The molecule has 0 spiro atoms. The molecule has 110 valence electrons. The topological polar surface area (TPSA) is 54.0 Å². The van der Waals surface area contributed by atoms with Gasteiger partial charge in [0.25, 0.3) is 5.91 Å². The minimum absolute atomic E-state index is 0.0151. The Kier molecular flexibility index (Phi) is 5.39. The Hall–Kier alpha value is -1.58. The molecular formula is C16H25N3O. The summed E-state index contributed by atoms with van der Waals surface area (Å²) in [4.78, 5) is 16.5. The summed E-state index contributed by atoms with van der Waals surface area (Å²) in [6.07, 6.45) is 9.11. The molecule has 1 fully saturated rings. The predicted molar refractivity (Wildman–Crippen MR) is 81.9 cm³/mol. The van der Waals surface area contributed by atoms with E-state index in [4.69, 9.17) is 0 Å². The molecule has 20 heavy (non-hydrogen) atoms. The molecule has 0 aliphatic heterocycles. The molecule has 4 heteroatoms. The molecule has 1 unspecified atom stereocenters. The summed E-state index contributed by atoms with van der Waals surface area (Å²) in [5.41, 5.74) is 0.679. The van der Waals surface area contributed by atoms with Crippen LogP contribution in [0.25, 0.3) is 0 Å². The van der Waals surface area contributed by atoms with Crippen LogP contribution in [-0.4, -0.2) is 24.0 Å². The summed E-state index contributed by atoms with van der Waals surface area (Å²) in [5, 5.41) is 6.17. The van der Waals surface area contributed by atoms with E-state index < -0.39 is 0 Å². The monoisotopic (exact) mass is 275 g/mol. The second kappa shape index (κ2) is 7.27. The highest BCUT2D eigenvalue weighted by molar-refractivity contribution is 5.95. The maximum absolute atomic E-state index is 12.4. The molecule has 0 aromatic carbocycles. The number of amides is 1. The molecule has 1 saturated carbocycles. The Balaban J connectivity index is 2.00. The van der Waals surface area contributed by atoms with Crippen molar-refractivity contribution in [1.82, 2.24) is 10.3 Å². The van der Waals surface area contributed by atoms with Crippen molar-refractivity contribution in [3.8, 4) is 0 Å². The van der Waals surface area contributed by atoms with Gasteiger partial charge in [0.15, 0.2) is 0 Å². The molecule has 0 bridgehead atoms. The number of carbonyl (C=O) groups is 1. The van der Waals surface area contributed by atoms with Gasteiger partial charge in [-0.25, -0.2) is 4.98 Å². The first-order valence-electron chi connectivity index (χ1n) is 7.69. The van der Waals surface area contributed by atoms with Gasteiger partial charge in [-0.15, -0.1) is 0 Å². The number of rotatable bonds is 5. The van der Waals surface area contributed by atoms with Crippen LogP contribution < -0.4 is 10.6 Å². The Morgan fingerprint density at radius 3 is 2.80 bits per heavy atom. The Labute approximate surface area is 121 Å². The van der Waals surface area contributed by atoms with Crippen molar-refractivity contribution in [3.05, 3.63) is 23.9 Å². The molecule has 1 aromatic heterocycles. The fraction of sp³-hybridized carbons (Fsp3) is 0.625. The average Bonchev–Trinajstić information content (AvgIpc) is 2.53. The van der Waals surface area contributed by atoms with Crippen molar-refractivity contribution < 1.29 is 4.79 Å². The van der Waals surface area contributed by atoms with Crippen molar-refractivity contribution in [2.24, 2.45) is 5.92 Å². The lowest BCUT2D eigenvalue weighted by Crippen LogP contribution is -2.40. The minimum atomic E-state index is 0.0151. The number of nitrogens with one attached hydrogen (secondary N) is 2. The van der Waals surface area contributed by atoms with Crippen LogP contribution in [0.4, 0.5) is 5.82 Å². The van der Waals surface area contributed by atoms with E-state index in [-0.39, 0.29) is 5.91 Å². The predicted octanol–water partition coefficient (Wildman–Crippen LogP) is 3.21. The van der Waals surface area contributed by atoms with E-state index in [0.29, 0.717) is 17.5 Å². The second-order valence-corrected chi connectivity index (χ2v) is 5.57. The highest BCUT2D eigenvalue weighted by atomic mass is 16.1. The smallest absolute Gasteiger partial charge is 0.251 e. The number of aromatic nitrogens is 1. The van der Waals surface area contributed by atoms with Gasteiger partial charge in [-0.2, -0.15) is 0 Å². The third-order valence-electron chi connectivity index (χ3n) is 4.25. The maximum Gasteiger partial charge on any atom is 0.251 e. The summed E-state index contributed by atoms with van der Waals surface area (Å²) >= 11 is 0. The van der Waals surface area contributed by atoms with E-state index in [2.05, 4.69) is 22.5 Å². The van der Waals surface area contributed by atoms with Gasteiger partial charge in [0.1, 0.15) is 5.82 Å². The molecule has 1 aromatic rings. The number of hydrogen-bond acceptors (Lipinski definition) is 3. The zero-order valence-corrected chi connectivity index (χ0v) is 12.5. The quantitative estimate of drug-likeness (QED) is 0.867. The van der Waals surface area contributed by atoms with Gasteiger partial charge in [0.05, 0.1) is 0 Å². The number of anilines is 1. The van der Waals surface area contributed by atoms with E-state index >= 15 is 0 Å². The van der Waals surface area contributed by atoms with Gasteiger partial charge in [0, 0.05) is 24.8 Å². The van der Waals surface area contributed by atoms with Gasteiger partial charge >= 0.3 is 0 Å². The van der Waals surface area contributed by atoms with Crippen molar-refractivity contribution in [2.75, 3.05) is 12.4 Å². The van der Waals surface area contributed by atoms with Gasteiger partial charge < -0.3 is 10.6 Å². The lowest BCUT2D eigenvalue weighted by Gasteiger charge is -2.30. The van der Waals surface area contributed by atoms with Gasteiger partial charge in [-0.05, 0) is 37.3 Å². The second-order valence-electron chi connectivity index (χ2n) is 5.57. The lowest BCUT2D eigenvalue weighted by molar-refractivity contribution is 0.0911. The van der Waals surface area contributed by atoms with Crippen LogP contribution >= 0.6 is 0 Å². The number of nitrogens with zero attached hydrogens (tertiary/aromatic N) is 1. The molecule has 1 heterocycles. The van der Waals surface area contributed by atoms with Crippen molar-refractivity contribution in [2.45, 2.75) is 51.5 Å². The lowest BCUT2D eigenvalue weighted by atomic mass is 9.83. The van der Waals surface area contributed by atoms with Crippen molar-refractivity contribution in [3.63, 3.8) is 0 Å². The fourth-order valence-corrected chi connectivity index (χ4v) is 3.05. The summed E-state index contributed by atoms with van der Waals surface area (Å²) in [7, 11) is 1.81. The highest BCUT2D eigenvalue weighted by Crippen LogP contribution is 2.27. The van der Waals surface area contributed by atoms with Gasteiger partial charge in [0.2, 0.25) is 0 Å². The summed E-state index contributed by atoms with van der Waals surface area (Å²) in [6, 6.07) is 3.86. The molecule has 0 radical (unpaired) electrons. The Bertz CT molecular complexity index is 441. The zero-order valence-electron chi connectivity index (χ0n) is 12.5. The van der Waals surface area contributed by atoms with Crippen LogP contribution in [0.15, 0.2) is 18.3 Å².